The molecule has 0 saturated carbocycles. The van der Waals surface area contributed by atoms with Crippen LogP contribution in [0.5, 0.6) is 0 Å². The predicted molar refractivity (Wildman–Crippen MR) is 93.9 cm³/mol. The van der Waals surface area contributed by atoms with Crippen molar-refractivity contribution in [2.24, 2.45) is 0 Å². The van der Waals surface area contributed by atoms with E-state index >= 15 is 0 Å². The average Bonchev–Trinajstić information content (AvgIpc) is 2.99. The third-order valence-corrected chi connectivity index (χ3v) is 6.03. The number of hydrogen-bond donors (Lipinski definition) is 1. The summed E-state index contributed by atoms with van der Waals surface area (Å²) in [6.07, 6.45) is 0.256. The first-order valence-corrected chi connectivity index (χ1v) is 9.72. The first-order chi connectivity index (χ1) is 11.4. The monoisotopic (exact) mass is 361 g/mol. The van der Waals surface area contributed by atoms with Crippen LogP contribution in [0.25, 0.3) is 10.8 Å². The van der Waals surface area contributed by atoms with E-state index in [4.69, 9.17) is 0 Å². The molecule has 6 nitrogen and oxygen atoms in total. The molecule has 0 unspecified atom stereocenters. The van der Waals surface area contributed by atoms with Crippen LogP contribution in [0.2, 0.25) is 0 Å². The van der Waals surface area contributed by atoms with E-state index in [2.05, 4.69) is 15.5 Å². The summed E-state index contributed by atoms with van der Waals surface area (Å²) >= 11 is 1.18. The Bertz CT molecular complexity index is 996. The topological polar surface area (TPSA) is 89.0 Å². The van der Waals surface area contributed by atoms with Crippen molar-refractivity contribution in [3.05, 3.63) is 47.5 Å². The number of benzene rings is 2. The molecule has 24 heavy (non-hydrogen) atoms. The predicted octanol–water partition coefficient (Wildman–Crippen LogP) is 2.67. The van der Waals surface area contributed by atoms with Gasteiger partial charge in [-0.05, 0) is 22.9 Å². The first-order valence-electron chi connectivity index (χ1n) is 7.25. The number of aryl methyl sites for hydroxylation is 1. The lowest BCUT2D eigenvalue weighted by molar-refractivity contribution is -0.114. The fourth-order valence-electron chi connectivity index (χ4n) is 2.26. The van der Waals surface area contributed by atoms with Gasteiger partial charge in [-0.15, -0.1) is 10.2 Å². The van der Waals surface area contributed by atoms with Gasteiger partial charge in [0, 0.05) is 13.3 Å². The number of sulfone groups is 1. The number of aromatic nitrogens is 2. The van der Waals surface area contributed by atoms with Crippen molar-refractivity contribution in [2.75, 3.05) is 11.1 Å². The van der Waals surface area contributed by atoms with Crippen molar-refractivity contribution in [2.45, 2.75) is 18.2 Å². The molecule has 1 amide bonds. The highest BCUT2D eigenvalue weighted by Gasteiger charge is 2.16. The Morgan fingerprint density at radius 1 is 1.12 bits per heavy atom. The van der Waals surface area contributed by atoms with Crippen molar-refractivity contribution < 1.29 is 13.2 Å². The molecule has 3 rings (SSSR count). The average molecular weight is 361 g/mol. The molecular weight excluding hydrogens is 346 g/mol. The maximum absolute atomic E-state index is 12.5. The molecule has 0 aliphatic carbocycles. The van der Waals surface area contributed by atoms with Gasteiger partial charge in [0.05, 0.1) is 10.6 Å². The molecule has 0 aliphatic rings. The summed E-state index contributed by atoms with van der Waals surface area (Å²) in [4.78, 5) is 11.3. The van der Waals surface area contributed by atoms with Gasteiger partial charge < -0.3 is 5.32 Å². The second-order valence-corrected chi connectivity index (χ2v) is 8.43. The Kier molecular flexibility index (Phi) is 4.59. The Morgan fingerprint density at radius 3 is 2.62 bits per heavy atom. The van der Waals surface area contributed by atoms with Gasteiger partial charge in [0.25, 0.3) is 0 Å². The number of hydrogen-bond acceptors (Lipinski definition) is 6. The van der Waals surface area contributed by atoms with E-state index in [9.17, 15) is 13.2 Å². The quantitative estimate of drug-likeness (QED) is 0.755. The fourth-order valence-corrected chi connectivity index (χ4v) is 4.45. The molecule has 0 atom stereocenters. The molecule has 0 spiro atoms. The van der Waals surface area contributed by atoms with E-state index in [0.29, 0.717) is 15.0 Å². The minimum Gasteiger partial charge on any atom is -0.301 e. The van der Waals surface area contributed by atoms with Gasteiger partial charge in [-0.1, -0.05) is 41.7 Å². The van der Waals surface area contributed by atoms with Crippen molar-refractivity contribution in [3.63, 3.8) is 0 Å². The third-order valence-electron chi connectivity index (χ3n) is 3.41. The van der Waals surface area contributed by atoms with Crippen LogP contribution in [0.3, 0.4) is 0 Å². The molecule has 2 aromatic carbocycles. The van der Waals surface area contributed by atoms with Crippen LogP contribution >= 0.6 is 11.3 Å². The number of anilines is 1. The van der Waals surface area contributed by atoms with Crippen molar-refractivity contribution in [3.8, 4) is 0 Å². The van der Waals surface area contributed by atoms with Crippen LogP contribution in [0.1, 0.15) is 11.9 Å². The van der Waals surface area contributed by atoms with Gasteiger partial charge in [0.2, 0.25) is 11.0 Å². The number of nitrogens with zero attached hydrogens (tertiary/aromatic N) is 2. The molecule has 0 aliphatic heterocycles. The normalized spacial score (nSPS) is 11.5. The molecule has 1 N–H and O–H groups in total. The van der Waals surface area contributed by atoms with E-state index in [-0.39, 0.29) is 18.1 Å². The smallest absolute Gasteiger partial charge is 0.223 e. The Morgan fingerprint density at radius 2 is 1.88 bits per heavy atom. The molecule has 3 aromatic rings. The summed E-state index contributed by atoms with van der Waals surface area (Å²) in [5.41, 5.74) is 0. The SMILES string of the molecule is CC(=O)Nc1nnc(CCS(=O)(=O)c2ccc3ccccc3c2)s1. The van der Waals surface area contributed by atoms with Crippen molar-refractivity contribution in [1.82, 2.24) is 10.2 Å². The summed E-state index contributed by atoms with van der Waals surface area (Å²) < 4.78 is 25.0. The number of rotatable bonds is 5. The molecule has 8 heteroatoms. The zero-order valence-corrected chi connectivity index (χ0v) is 14.5. The zero-order chi connectivity index (χ0) is 17.2. The number of carbonyl (C=O) groups excluding carboxylic acids is 1. The highest BCUT2D eigenvalue weighted by atomic mass is 32.2. The zero-order valence-electron chi connectivity index (χ0n) is 12.9. The highest BCUT2D eigenvalue weighted by Crippen LogP contribution is 2.21. The summed E-state index contributed by atoms with van der Waals surface area (Å²) in [5.74, 6) is -0.290. The minimum atomic E-state index is -3.41. The van der Waals surface area contributed by atoms with Crippen LogP contribution in [0, 0.1) is 0 Å². The largest absolute Gasteiger partial charge is 0.301 e. The second-order valence-electron chi connectivity index (χ2n) is 5.26. The van der Waals surface area contributed by atoms with Crippen LogP contribution in [0.15, 0.2) is 47.4 Å². The Labute approximate surface area is 143 Å². The second kappa shape index (κ2) is 6.66. The molecule has 1 aromatic heterocycles. The molecule has 0 fully saturated rings. The summed E-state index contributed by atoms with van der Waals surface area (Å²) in [6, 6.07) is 12.7. The van der Waals surface area contributed by atoms with E-state index in [1.165, 1.54) is 18.3 Å². The Balaban J connectivity index is 1.75. The highest BCUT2D eigenvalue weighted by molar-refractivity contribution is 7.91. The minimum absolute atomic E-state index is 0.0555. The first kappa shape index (κ1) is 16.5. The van der Waals surface area contributed by atoms with Gasteiger partial charge in [0.15, 0.2) is 9.84 Å². The molecular formula is C16H15N3O3S2. The summed E-state index contributed by atoms with van der Waals surface area (Å²) in [6.45, 7) is 1.38. The third kappa shape index (κ3) is 3.77. The number of nitrogens with one attached hydrogen (secondary N) is 1. The van der Waals surface area contributed by atoms with E-state index in [0.717, 1.165) is 10.8 Å². The number of amides is 1. The van der Waals surface area contributed by atoms with Crippen LogP contribution < -0.4 is 5.32 Å². The molecule has 0 bridgehead atoms. The maximum atomic E-state index is 12.5. The van der Waals surface area contributed by atoms with E-state index in [1.54, 1.807) is 12.1 Å². The van der Waals surface area contributed by atoms with E-state index < -0.39 is 9.84 Å². The molecule has 0 saturated heterocycles. The molecule has 124 valence electrons. The number of fused-ring (bicyclic) bond motifs is 1. The number of carbonyl (C=O) groups is 1. The van der Waals surface area contributed by atoms with Crippen LogP contribution in [0.4, 0.5) is 5.13 Å². The lowest BCUT2D eigenvalue weighted by Gasteiger charge is -2.05. The summed E-state index contributed by atoms with van der Waals surface area (Å²) in [7, 11) is -3.41. The Hall–Kier alpha value is -2.32. The van der Waals surface area contributed by atoms with E-state index in [1.807, 2.05) is 30.3 Å². The van der Waals surface area contributed by atoms with Crippen LogP contribution in [-0.4, -0.2) is 30.3 Å². The lowest BCUT2D eigenvalue weighted by Crippen LogP contribution is -2.09. The lowest BCUT2D eigenvalue weighted by atomic mass is 10.1. The maximum Gasteiger partial charge on any atom is 0.223 e. The van der Waals surface area contributed by atoms with Gasteiger partial charge >= 0.3 is 0 Å². The molecule has 0 radical (unpaired) electrons. The van der Waals surface area contributed by atoms with Gasteiger partial charge in [-0.2, -0.15) is 0 Å². The standard InChI is InChI=1S/C16H15N3O3S2/c1-11(20)17-16-19-18-15(23-16)8-9-24(21,22)14-7-6-12-4-2-3-5-13(12)10-14/h2-7,10H,8-9H2,1H3,(H,17,19,20). The van der Waals surface area contributed by atoms with Crippen molar-refractivity contribution >= 4 is 43.0 Å². The van der Waals surface area contributed by atoms with Gasteiger partial charge in [0.1, 0.15) is 5.01 Å². The fraction of sp³-hybridized carbons (Fsp3) is 0.188. The van der Waals surface area contributed by atoms with Gasteiger partial charge in [-0.25, -0.2) is 8.42 Å². The van der Waals surface area contributed by atoms with Crippen molar-refractivity contribution in [1.29, 1.82) is 0 Å². The summed E-state index contributed by atoms with van der Waals surface area (Å²) in [5, 5.41) is 13.1. The van der Waals surface area contributed by atoms with Crippen LogP contribution in [-0.2, 0) is 21.1 Å². The van der Waals surface area contributed by atoms with Gasteiger partial charge in [-0.3, -0.25) is 4.79 Å². The molecule has 1 heterocycles.